The van der Waals surface area contributed by atoms with Gasteiger partial charge in [0, 0.05) is 5.69 Å². The zero-order valence-corrected chi connectivity index (χ0v) is 23.1. The SMILES string of the molecule is Nc1ccc(S(=O)(=O)CCCCCCCCCCCCc2ccccc2S(=O)(=O)[O][Ti](=[O])[OH])cc1. The Morgan fingerprint density at radius 3 is 1.83 bits per heavy atom. The summed E-state index contributed by atoms with van der Waals surface area (Å²) in [6, 6.07) is 12.8. The van der Waals surface area contributed by atoms with Gasteiger partial charge in [-0.05, 0) is 30.7 Å². The van der Waals surface area contributed by atoms with E-state index in [4.69, 9.17) is 9.42 Å². The Morgan fingerprint density at radius 1 is 0.743 bits per heavy atom. The number of nitrogen functional groups attached to an aromatic ring is 1. The predicted octanol–water partition coefficient (Wildman–Crippen LogP) is 4.68. The second kappa shape index (κ2) is 15.0. The first kappa shape index (κ1) is 29.8. The van der Waals surface area contributed by atoms with E-state index in [1.165, 1.54) is 6.07 Å². The summed E-state index contributed by atoms with van der Waals surface area (Å²) >= 11 is -4.20. The monoisotopic (exact) mass is 561 g/mol. The number of aryl methyl sites for hydroxylation is 1. The van der Waals surface area contributed by atoms with Crippen molar-refractivity contribution in [2.24, 2.45) is 0 Å². The summed E-state index contributed by atoms with van der Waals surface area (Å²) in [4.78, 5) is 0.296. The first-order valence-corrected chi connectivity index (χ1v) is 17.0. The van der Waals surface area contributed by atoms with Crippen molar-refractivity contribution in [3.8, 4) is 0 Å². The van der Waals surface area contributed by atoms with Crippen LogP contribution in [0.3, 0.4) is 0 Å². The zero-order valence-electron chi connectivity index (χ0n) is 19.9. The smallest absolute Gasteiger partial charge is 0.0379 e. The Labute approximate surface area is 216 Å². The predicted molar refractivity (Wildman–Crippen MR) is 130 cm³/mol. The van der Waals surface area contributed by atoms with E-state index in [2.05, 4.69) is 2.76 Å². The fraction of sp³-hybridized carbons (Fsp3) is 0.500. The van der Waals surface area contributed by atoms with Crippen molar-refractivity contribution in [2.75, 3.05) is 11.5 Å². The number of anilines is 1. The van der Waals surface area contributed by atoms with E-state index in [1.54, 1.807) is 42.5 Å². The van der Waals surface area contributed by atoms with Crippen LogP contribution in [0.25, 0.3) is 0 Å². The van der Waals surface area contributed by atoms with Crippen LogP contribution in [-0.2, 0) is 51.1 Å². The van der Waals surface area contributed by atoms with Crippen molar-refractivity contribution in [3.63, 3.8) is 0 Å². The fourth-order valence-electron chi connectivity index (χ4n) is 3.91. The molecular weight excluding hydrogens is 526 g/mol. The van der Waals surface area contributed by atoms with Gasteiger partial charge in [0.25, 0.3) is 0 Å². The van der Waals surface area contributed by atoms with Gasteiger partial charge in [0.05, 0.1) is 10.6 Å². The minimum atomic E-state index is -4.21. The number of sulfone groups is 1. The molecule has 0 saturated heterocycles. The first-order chi connectivity index (χ1) is 16.6. The average molecular weight is 562 g/mol. The van der Waals surface area contributed by atoms with E-state index in [0.717, 1.165) is 57.8 Å². The summed E-state index contributed by atoms with van der Waals surface area (Å²) in [6.07, 6.45) is 10.4. The first-order valence-electron chi connectivity index (χ1n) is 12.0. The fourth-order valence-corrected chi connectivity index (χ4v) is 7.59. The summed E-state index contributed by atoms with van der Waals surface area (Å²) in [7, 11) is -7.45. The molecular formula is C24H35NO7S2Ti. The molecule has 0 bridgehead atoms. The van der Waals surface area contributed by atoms with Crippen LogP contribution in [0.2, 0.25) is 0 Å². The van der Waals surface area contributed by atoms with Crippen LogP contribution in [0.15, 0.2) is 58.3 Å². The van der Waals surface area contributed by atoms with Gasteiger partial charge in [0.1, 0.15) is 0 Å². The maximum Gasteiger partial charge on any atom is -0.0379 e. The molecule has 0 saturated carbocycles. The van der Waals surface area contributed by atoms with Gasteiger partial charge in [-0.3, -0.25) is 0 Å². The molecule has 0 unspecified atom stereocenters. The van der Waals surface area contributed by atoms with Gasteiger partial charge in [-0.1, -0.05) is 12.8 Å². The van der Waals surface area contributed by atoms with Crippen molar-refractivity contribution in [3.05, 3.63) is 54.1 Å². The van der Waals surface area contributed by atoms with Gasteiger partial charge in [-0.25, -0.2) is 8.42 Å². The molecule has 0 spiro atoms. The number of hydrogen-bond acceptors (Lipinski definition) is 7. The molecule has 0 fully saturated rings. The number of unbranched alkanes of at least 4 members (excludes halogenated alkanes) is 9. The zero-order chi connectivity index (χ0) is 25.7. The van der Waals surface area contributed by atoms with Crippen LogP contribution in [0.1, 0.15) is 69.8 Å². The third-order valence-electron chi connectivity index (χ3n) is 5.77. The maximum atomic E-state index is 12.3. The largest absolute Gasteiger partial charge is 0.0415 e. The standard InChI is InChI=1S/C24H35NO5S2.H2O.O.Ti/c25-22-16-18-23(19-17-22)31(26,27)20-12-8-6-4-2-1-3-5-7-9-13-21-14-10-11-15-24(21)32(28,29)30;;;/h10-11,14-19H,1-9,12-13,20,25H2,(H,28,29,30);1H2;;/q;;;+2/p-2. The molecule has 0 atom stereocenters. The Bertz CT molecular complexity index is 1150. The molecule has 8 nitrogen and oxygen atoms in total. The third-order valence-corrected chi connectivity index (χ3v) is 10.6. The van der Waals surface area contributed by atoms with Crippen molar-refractivity contribution in [1.29, 1.82) is 0 Å². The molecule has 0 aliphatic heterocycles. The van der Waals surface area contributed by atoms with Crippen molar-refractivity contribution < 1.29 is 45.2 Å². The van der Waals surface area contributed by atoms with Crippen molar-refractivity contribution >= 4 is 25.6 Å². The minimum Gasteiger partial charge on any atom is -0.0415 e. The Kier molecular flexibility index (Phi) is 12.7. The number of hydrogen-bond donors (Lipinski definition) is 2. The van der Waals surface area contributed by atoms with E-state index in [0.29, 0.717) is 29.0 Å². The van der Waals surface area contributed by atoms with Gasteiger partial charge < -0.3 is 5.73 Å². The summed E-state index contributed by atoms with van der Waals surface area (Å²) in [6.45, 7) is 0. The van der Waals surface area contributed by atoms with Crippen molar-refractivity contribution in [2.45, 2.75) is 80.4 Å². The number of nitrogens with two attached hydrogens (primary N) is 1. The molecule has 0 amide bonds. The molecule has 0 aliphatic carbocycles. The molecule has 3 N–H and O–H groups in total. The van der Waals surface area contributed by atoms with Crippen LogP contribution in [0.4, 0.5) is 5.69 Å². The molecule has 2 aromatic carbocycles. The molecule has 2 aromatic rings. The molecule has 2 rings (SSSR count). The van der Waals surface area contributed by atoms with E-state index in [1.807, 2.05) is 0 Å². The van der Waals surface area contributed by atoms with E-state index >= 15 is 0 Å². The van der Waals surface area contributed by atoms with Crippen LogP contribution < -0.4 is 5.73 Å². The second-order valence-electron chi connectivity index (χ2n) is 8.58. The Hall–Kier alpha value is -1.43. The number of rotatable bonds is 17. The third kappa shape index (κ3) is 11.0. The van der Waals surface area contributed by atoms with E-state index < -0.39 is 38.6 Å². The van der Waals surface area contributed by atoms with E-state index in [9.17, 15) is 20.2 Å². The quantitative estimate of drug-likeness (QED) is 0.161. The normalized spacial score (nSPS) is 12.0. The van der Waals surface area contributed by atoms with Gasteiger partial charge in [-0.2, -0.15) is 0 Å². The van der Waals surface area contributed by atoms with Crippen LogP contribution in [-0.4, -0.2) is 26.3 Å². The topological polar surface area (TPSA) is 141 Å². The van der Waals surface area contributed by atoms with Gasteiger partial charge in [-0.15, -0.1) is 0 Å². The molecule has 0 aromatic heterocycles. The van der Waals surface area contributed by atoms with E-state index in [-0.39, 0.29) is 10.6 Å². The molecule has 35 heavy (non-hydrogen) atoms. The van der Waals surface area contributed by atoms with Gasteiger partial charge >= 0.3 is 133 Å². The summed E-state index contributed by atoms with van der Waals surface area (Å²) in [5, 5.41) is 0. The summed E-state index contributed by atoms with van der Waals surface area (Å²) in [5.74, 6) is 0.160. The second-order valence-corrected chi connectivity index (χ2v) is 13.8. The summed E-state index contributed by atoms with van der Waals surface area (Å²) in [5.41, 5.74) is 6.76. The average Bonchev–Trinajstić information content (AvgIpc) is 2.79. The molecule has 0 radical (unpaired) electrons. The Morgan fingerprint density at radius 2 is 1.26 bits per heavy atom. The Balaban J connectivity index is 1.54. The van der Waals surface area contributed by atoms with Crippen LogP contribution in [0.5, 0.6) is 0 Å². The molecule has 0 aliphatic rings. The number of benzene rings is 2. The minimum absolute atomic E-state index is 0.0313. The molecule has 0 heterocycles. The maximum absolute atomic E-state index is 12.3. The molecule has 11 heteroatoms. The van der Waals surface area contributed by atoms with Crippen molar-refractivity contribution in [1.82, 2.24) is 0 Å². The van der Waals surface area contributed by atoms with Gasteiger partial charge in [0.15, 0.2) is 9.84 Å². The van der Waals surface area contributed by atoms with Gasteiger partial charge in [0.2, 0.25) is 0 Å². The van der Waals surface area contributed by atoms with Crippen LogP contribution >= 0.6 is 0 Å². The van der Waals surface area contributed by atoms with Crippen LogP contribution in [0, 0.1) is 0 Å². The summed E-state index contributed by atoms with van der Waals surface area (Å²) < 4.78 is 72.9. The molecule has 194 valence electrons.